The van der Waals surface area contributed by atoms with Crippen LogP contribution in [0.15, 0.2) is 65.6 Å². The van der Waals surface area contributed by atoms with Crippen molar-refractivity contribution < 1.29 is 9.59 Å². The first-order valence-electron chi connectivity index (χ1n) is 11.6. The van der Waals surface area contributed by atoms with E-state index in [0.29, 0.717) is 50.9 Å². The Labute approximate surface area is 210 Å². The van der Waals surface area contributed by atoms with Gasteiger partial charge in [-0.05, 0) is 18.4 Å². The minimum atomic E-state index is -0.0623. The van der Waals surface area contributed by atoms with Crippen LogP contribution in [-0.4, -0.2) is 72.2 Å². The molecule has 0 aliphatic carbocycles. The summed E-state index contributed by atoms with van der Waals surface area (Å²) in [6, 6.07) is 19.6. The van der Waals surface area contributed by atoms with Gasteiger partial charge in [-0.1, -0.05) is 42.5 Å². The number of carbonyl (C=O) groups is 2. The first-order valence-corrected chi connectivity index (χ1v) is 12.9. The lowest BCUT2D eigenvalue weighted by molar-refractivity contribution is -0.118. The zero-order chi connectivity index (χ0) is 24.6. The third kappa shape index (κ3) is 6.30. The van der Waals surface area contributed by atoms with Crippen LogP contribution in [0.2, 0.25) is 0 Å². The first kappa shape index (κ1) is 24.5. The molecule has 2 amide bonds. The molecule has 0 spiro atoms. The summed E-state index contributed by atoms with van der Waals surface area (Å²) in [4.78, 5) is 38.9. The molecule has 1 saturated heterocycles. The topological polar surface area (TPSA) is 90.5 Å². The molecule has 0 radical (unpaired) electrons. The Morgan fingerprint density at radius 2 is 1.66 bits per heavy atom. The van der Waals surface area contributed by atoms with Crippen LogP contribution in [0.4, 0.5) is 11.6 Å². The number of hydrogen-bond donors (Lipinski definition) is 2. The monoisotopic (exact) mass is 490 g/mol. The second-order valence-corrected chi connectivity index (χ2v) is 9.04. The third-order valence-electron chi connectivity index (χ3n) is 5.78. The molecule has 1 aliphatic heterocycles. The van der Waals surface area contributed by atoms with E-state index in [-0.39, 0.29) is 11.8 Å². The summed E-state index contributed by atoms with van der Waals surface area (Å²) in [5.41, 5.74) is 1.69. The molecule has 1 fully saturated rings. The highest BCUT2D eigenvalue weighted by Gasteiger charge is 2.25. The summed E-state index contributed by atoms with van der Waals surface area (Å²) in [5.74, 6) is 2.16. The van der Waals surface area contributed by atoms with Crippen LogP contribution in [0.3, 0.4) is 0 Å². The summed E-state index contributed by atoms with van der Waals surface area (Å²) in [7, 11) is 0. The van der Waals surface area contributed by atoms with E-state index in [1.54, 1.807) is 11.8 Å². The highest BCUT2D eigenvalue weighted by Crippen LogP contribution is 2.25. The van der Waals surface area contributed by atoms with E-state index < -0.39 is 0 Å². The molecule has 0 bridgehead atoms. The summed E-state index contributed by atoms with van der Waals surface area (Å²) >= 11 is 1.59. The fourth-order valence-electron chi connectivity index (χ4n) is 3.96. The fraction of sp³-hybridized carbons (Fsp3) is 0.308. The summed E-state index contributed by atoms with van der Waals surface area (Å²) < 4.78 is 0. The van der Waals surface area contributed by atoms with Crippen molar-refractivity contribution >= 4 is 35.2 Å². The lowest BCUT2D eigenvalue weighted by Gasteiger charge is -2.36. The van der Waals surface area contributed by atoms with Gasteiger partial charge < -0.3 is 20.4 Å². The van der Waals surface area contributed by atoms with Gasteiger partial charge in [0.25, 0.3) is 5.91 Å². The third-order valence-corrected chi connectivity index (χ3v) is 6.57. The fourth-order valence-corrected chi connectivity index (χ4v) is 4.55. The molecule has 0 atom stereocenters. The van der Waals surface area contributed by atoms with E-state index in [0.717, 1.165) is 21.8 Å². The molecule has 35 heavy (non-hydrogen) atoms. The molecule has 1 aromatic heterocycles. The molecule has 4 rings (SSSR count). The maximum Gasteiger partial charge on any atom is 0.255 e. The van der Waals surface area contributed by atoms with Crippen molar-refractivity contribution in [3.8, 4) is 11.4 Å². The Bertz CT molecular complexity index is 1170. The van der Waals surface area contributed by atoms with Gasteiger partial charge in [-0.2, -0.15) is 0 Å². The molecule has 0 unspecified atom stereocenters. The smallest absolute Gasteiger partial charge is 0.255 e. The number of aromatic nitrogens is 2. The van der Waals surface area contributed by atoms with E-state index >= 15 is 0 Å². The largest absolute Gasteiger partial charge is 0.368 e. The zero-order valence-electron chi connectivity index (χ0n) is 20.0. The highest BCUT2D eigenvalue weighted by atomic mass is 32.2. The van der Waals surface area contributed by atoms with Crippen molar-refractivity contribution in [3.05, 3.63) is 66.2 Å². The van der Waals surface area contributed by atoms with Crippen molar-refractivity contribution in [1.82, 2.24) is 20.2 Å². The van der Waals surface area contributed by atoms with E-state index in [1.165, 1.54) is 6.92 Å². The summed E-state index contributed by atoms with van der Waals surface area (Å²) in [5, 5.41) is 6.07. The Hall–Kier alpha value is -3.59. The predicted octanol–water partition coefficient (Wildman–Crippen LogP) is 3.38. The van der Waals surface area contributed by atoms with Crippen LogP contribution in [0.25, 0.3) is 11.4 Å². The minimum absolute atomic E-state index is 0.0623. The van der Waals surface area contributed by atoms with Gasteiger partial charge in [0.05, 0.1) is 5.56 Å². The number of amides is 2. The zero-order valence-corrected chi connectivity index (χ0v) is 20.8. The van der Waals surface area contributed by atoms with E-state index in [2.05, 4.69) is 20.5 Å². The molecular formula is C26H30N6O2S. The summed E-state index contributed by atoms with van der Waals surface area (Å²) in [6.45, 7) is 5.18. The van der Waals surface area contributed by atoms with Crippen molar-refractivity contribution in [3.63, 3.8) is 0 Å². The maximum atomic E-state index is 13.1. The Kier molecular flexibility index (Phi) is 8.20. The number of nitrogens with one attached hydrogen (secondary N) is 2. The average Bonchev–Trinajstić information content (AvgIpc) is 2.91. The lowest BCUT2D eigenvalue weighted by atomic mass is 10.1. The maximum absolute atomic E-state index is 13.1. The van der Waals surface area contributed by atoms with Gasteiger partial charge in [-0.25, -0.2) is 9.97 Å². The van der Waals surface area contributed by atoms with Gasteiger partial charge in [0.15, 0.2) is 5.82 Å². The van der Waals surface area contributed by atoms with Crippen molar-refractivity contribution in [2.24, 2.45) is 0 Å². The first-order chi connectivity index (χ1) is 17.0. The Morgan fingerprint density at radius 1 is 0.943 bits per heavy atom. The number of carbonyl (C=O) groups excluding carboxylic acids is 2. The van der Waals surface area contributed by atoms with Gasteiger partial charge in [0.1, 0.15) is 11.6 Å². The molecule has 1 aliphatic rings. The normalized spacial score (nSPS) is 13.4. The van der Waals surface area contributed by atoms with E-state index in [9.17, 15) is 9.59 Å². The van der Waals surface area contributed by atoms with Crippen LogP contribution in [0.5, 0.6) is 0 Å². The SMILES string of the molecule is CSc1ccccc1C(=O)N1CCN(c2cc(NCCNC(C)=O)nc(-c3ccccc3)n2)CC1. The van der Waals surface area contributed by atoms with Gasteiger partial charge in [-0.3, -0.25) is 9.59 Å². The minimum Gasteiger partial charge on any atom is -0.368 e. The Morgan fingerprint density at radius 3 is 2.37 bits per heavy atom. The van der Waals surface area contributed by atoms with E-state index in [1.807, 2.05) is 71.8 Å². The molecule has 8 nitrogen and oxygen atoms in total. The summed E-state index contributed by atoms with van der Waals surface area (Å²) in [6.07, 6.45) is 1.99. The molecule has 0 saturated carbocycles. The van der Waals surface area contributed by atoms with Crippen LogP contribution in [0.1, 0.15) is 17.3 Å². The molecule has 9 heteroatoms. The van der Waals surface area contributed by atoms with Gasteiger partial charge in [-0.15, -0.1) is 11.8 Å². The molecule has 3 aromatic rings. The van der Waals surface area contributed by atoms with Gasteiger partial charge in [0.2, 0.25) is 5.91 Å². The highest BCUT2D eigenvalue weighted by molar-refractivity contribution is 7.98. The van der Waals surface area contributed by atoms with Gasteiger partial charge in [0, 0.05) is 62.7 Å². The molecule has 2 aromatic carbocycles. The quantitative estimate of drug-likeness (QED) is 0.370. The van der Waals surface area contributed by atoms with Crippen molar-refractivity contribution in [2.45, 2.75) is 11.8 Å². The van der Waals surface area contributed by atoms with Crippen LogP contribution >= 0.6 is 11.8 Å². The average molecular weight is 491 g/mol. The van der Waals surface area contributed by atoms with Crippen molar-refractivity contribution in [2.75, 3.05) is 55.7 Å². The number of anilines is 2. The standard InChI is InChI=1S/C26H30N6O2S/c1-19(33)27-12-13-28-23-18-24(30-25(29-23)20-8-4-3-5-9-20)31-14-16-32(17-15-31)26(34)21-10-6-7-11-22(21)35-2/h3-11,18H,12-17H2,1-2H3,(H,27,33)(H,28,29,30). The van der Waals surface area contributed by atoms with Gasteiger partial charge >= 0.3 is 0 Å². The second-order valence-electron chi connectivity index (χ2n) is 8.19. The van der Waals surface area contributed by atoms with Crippen LogP contribution in [-0.2, 0) is 4.79 Å². The number of nitrogens with zero attached hydrogens (tertiary/aromatic N) is 4. The molecule has 2 N–H and O–H groups in total. The lowest BCUT2D eigenvalue weighted by Crippen LogP contribution is -2.49. The Balaban J connectivity index is 1.49. The second kappa shape index (κ2) is 11.7. The number of piperazine rings is 1. The van der Waals surface area contributed by atoms with E-state index in [4.69, 9.17) is 4.98 Å². The molecular weight excluding hydrogens is 460 g/mol. The van der Waals surface area contributed by atoms with Crippen LogP contribution < -0.4 is 15.5 Å². The molecule has 2 heterocycles. The predicted molar refractivity (Wildman–Crippen MR) is 141 cm³/mol. The number of rotatable bonds is 8. The number of benzene rings is 2. The number of hydrogen-bond acceptors (Lipinski definition) is 7. The number of thioether (sulfide) groups is 1. The van der Waals surface area contributed by atoms with Crippen LogP contribution in [0, 0.1) is 0 Å². The van der Waals surface area contributed by atoms with Crippen molar-refractivity contribution in [1.29, 1.82) is 0 Å². The molecule has 182 valence electrons.